The van der Waals surface area contributed by atoms with Crippen LogP contribution >= 0.6 is 0 Å². The molecule has 7 nitrogen and oxygen atoms in total. The highest BCUT2D eigenvalue weighted by molar-refractivity contribution is 5.90. The Morgan fingerprint density at radius 2 is 2.00 bits per heavy atom. The fraction of sp³-hybridized carbons (Fsp3) is 0.769. The van der Waals surface area contributed by atoms with Crippen LogP contribution in [0.15, 0.2) is 0 Å². The smallest absolute Gasteiger partial charge is 0.291 e. The number of amides is 1. The molecule has 1 aromatic rings. The number of hydrogen-bond donors (Lipinski definition) is 2. The van der Waals surface area contributed by atoms with Crippen molar-refractivity contribution >= 4 is 5.91 Å². The predicted octanol–water partition coefficient (Wildman–Crippen LogP) is -0.131. The topological polar surface area (TPSA) is 77.2 Å². The Morgan fingerprint density at radius 3 is 2.55 bits per heavy atom. The normalized spacial score (nSPS) is 18.2. The van der Waals surface area contributed by atoms with Gasteiger partial charge in [0.2, 0.25) is 5.82 Å². The minimum Gasteiger partial charge on any atom is -0.347 e. The van der Waals surface area contributed by atoms with Crippen LogP contribution in [0.25, 0.3) is 0 Å². The number of aromatic amines is 1. The monoisotopic (exact) mass is 280 g/mol. The molecule has 7 heteroatoms. The number of aryl methyl sites for hydroxylation is 1. The molecule has 1 amide bonds. The van der Waals surface area contributed by atoms with Crippen LogP contribution in [0, 0.1) is 6.92 Å². The van der Waals surface area contributed by atoms with Crippen molar-refractivity contribution in [2.75, 3.05) is 39.8 Å². The standard InChI is InChI=1S/C13H24N6O/c1-10-15-11(17-16-10)12(20)14-9-13(2,3)19-7-5-18(4)6-8-19/h5-9H2,1-4H3,(H,14,20)(H,15,16,17). The lowest BCUT2D eigenvalue weighted by Crippen LogP contribution is -2.57. The fourth-order valence-electron chi connectivity index (χ4n) is 2.34. The Labute approximate surface area is 119 Å². The van der Waals surface area contributed by atoms with Crippen LogP contribution in [0.3, 0.4) is 0 Å². The van der Waals surface area contributed by atoms with Gasteiger partial charge in [0.25, 0.3) is 5.91 Å². The van der Waals surface area contributed by atoms with E-state index in [2.05, 4.69) is 51.2 Å². The van der Waals surface area contributed by atoms with Crippen LogP contribution in [0.5, 0.6) is 0 Å². The lowest BCUT2D eigenvalue weighted by molar-refractivity contribution is 0.0586. The summed E-state index contributed by atoms with van der Waals surface area (Å²) in [5.74, 6) is 0.627. The van der Waals surface area contributed by atoms with Gasteiger partial charge in [-0.1, -0.05) is 0 Å². The molecule has 0 bridgehead atoms. The summed E-state index contributed by atoms with van der Waals surface area (Å²) in [7, 11) is 2.14. The van der Waals surface area contributed by atoms with Gasteiger partial charge in [-0.2, -0.15) is 0 Å². The lowest BCUT2D eigenvalue weighted by atomic mass is 10.0. The van der Waals surface area contributed by atoms with E-state index in [9.17, 15) is 4.79 Å². The number of carbonyl (C=O) groups is 1. The highest BCUT2D eigenvalue weighted by Gasteiger charge is 2.29. The SMILES string of the molecule is Cc1nc(C(=O)NCC(C)(C)N2CCN(C)CC2)n[nH]1. The predicted molar refractivity (Wildman–Crippen MR) is 76.6 cm³/mol. The Bertz CT molecular complexity index is 461. The number of rotatable bonds is 4. The van der Waals surface area contributed by atoms with E-state index in [1.807, 2.05) is 0 Å². The zero-order valence-corrected chi connectivity index (χ0v) is 12.7. The van der Waals surface area contributed by atoms with Crippen molar-refractivity contribution in [1.82, 2.24) is 30.3 Å². The van der Waals surface area contributed by atoms with Crippen molar-refractivity contribution in [3.8, 4) is 0 Å². The zero-order valence-electron chi connectivity index (χ0n) is 12.7. The van der Waals surface area contributed by atoms with E-state index in [0.29, 0.717) is 12.4 Å². The van der Waals surface area contributed by atoms with Crippen LogP contribution in [0.2, 0.25) is 0 Å². The average Bonchev–Trinajstić information content (AvgIpc) is 2.83. The Balaban J connectivity index is 1.87. The number of likely N-dealkylation sites (N-methyl/N-ethyl adjacent to an activating group) is 1. The van der Waals surface area contributed by atoms with Gasteiger partial charge < -0.3 is 10.2 Å². The van der Waals surface area contributed by atoms with E-state index < -0.39 is 0 Å². The zero-order chi connectivity index (χ0) is 14.8. The maximum atomic E-state index is 12.0. The molecule has 1 aliphatic heterocycles. The number of aromatic nitrogens is 3. The van der Waals surface area contributed by atoms with Gasteiger partial charge in [-0.15, -0.1) is 5.10 Å². The van der Waals surface area contributed by atoms with Gasteiger partial charge in [0.05, 0.1) is 0 Å². The third kappa shape index (κ3) is 3.55. The molecule has 0 aromatic carbocycles. The van der Waals surface area contributed by atoms with Gasteiger partial charge in [-0.05, 0) is 27.8 Å². The first-order chi connectivity index (χ1) is 9.38. The Morgan fingerprint density at radius 1 is 1.35 bits per heavy atom. The van der Waals surface area contributed by atoms with Crippen molar-refractivity contribution < 1.29 is 4.79 Å². The highest BCUT2D eigenvalue weighted by Crippen LogP contribution is 2.15. The molecule has 1 aliphatic rings. The minimum atomic E-state index is -0.225. The molecule has 112 valence electrons. The number of hydrogen-bond acceptors (Lipinski definition) is 5. The molecule has 2 rings (SSSR count). The molecular weight excluding hydrogens is 256 g/mol. The van der Waals surface area contributed by atoms with Gasteiger partial charge in [-0.25, -0.2) is 4.98 Å². The fourth-order valence-corrected chi connectivity index (χ4v) is 2.34. The van der Waals surface area contributed by atoms with Gasteiger partial charge in [-0.3, -0.25) is 14.8 Å². The summed E-state index contributed by atoms with van der Waals surface area (Å²) in [5, 5.41) is 9.47. The van der Waals surface area contributed by atoms with E-state index in [1.54, 1.807) is 6.92 Å². The molecule has 2 heterocycles. The van der Waals surface area contributed by atoms with Gasteiger partial charge in [0.15, 0.2) is 0 Å². The first-order valence-electron chi connectivity index (χ1n) is 6.99. The van der Waals surface area contributed by atoms with Crippen molar-refractivity contribution in [3.05, 3.63) is 11.6 Å². The molecule has 1 aromatic heterocycles. The molecule has 0 radical (unpaired) electrons. The maximum absolute atomic E-state index is 12.0. The number of piperazine rings is 1. The molecule has 0 spiro atoms. The molecule has 0 aliphatic carbocycles. The van der Waals surface area contributed by atoms with E-state index in [4.69, 9.17) is 0 Å². The molecule has 2 N–H and O–H groups in total. The summed E-state index contributed by atoms with van der Waals surface area (Å²) >= 11 is 0. The van der Waals surface area contributed by atoms with Crippen molar-refractivity contribution in [2.24, 2.45) is 0 Å². The lowest BCUT2D eigenvalue weighted by Gasteiger charge is -2.43. The van der Waals surface area contributed by atoms with E-state index in [-0.39, 0.29) is 17.3 Å². The van der Waals surface area contributed by atoms with E-state index in [0.717, 1.165) is 26.2 Å². The van der Waals surface area contributed by atoms with Crippen LogP contribution in [-0.2, 0) is 0 Å². The molecule has 1 fully saturated rings. The molecule has 0 unspecified atom stereocenters. The second-order valence-corrected chi connectivity index (χ2v) is 6.03. The van der Waals surface area contributed by atoms with Crippen LogP contribution in [0.4, 0.5) is 0 Å². The third-order valence-electron chi connectivity index (χ3n) is 3.84. The summed E-state index contributed by atoms with van der Waals surface area (Å²) in [6.07, 6.45) is 0. The van der Waals surface area contributed by atoms with Gasteiger partial charge in [0, 0.05) is 38.3 Å². The minimum absolute atomic E-state index is 0.0672. The first-order valence-corrected chi connectivity index (χ1v) is 6.99. The first kappa shape index (κ1) is 14.9. The maximum Gasteiger partial charge on any atom is 0.291 e. The molecule has 20 heavy (non-hydrogen) atoms. The van der Waals surface area contributed by atoms with Crippen LogP contribution in [0.1, 0.15) is 30.3 Å². The van der Waals surface area contributed by atoms with Crippen LogP contribution in [-0.4, -0.2) is 76.2 Å². The highest BCUT2D eigenvalue weighted by atomic mass is 16.2. The molecule has 1 saturated heterocycles. The summed E-state index contributed by atoms with van der Waals surface area (Å²) < 4.78 is 0. The van der Waals surface area contributed by atoms with Crippen molar-refractivity contribution in [3.63, 3.8) is 0 Å². The second-order valence-electron chi connectivity index (χ2n) is 6.03. The summed E-state index contributed by atoms with van der Waals surface area (Å²) in [4.78, 5) is 20.7. The van der Waals surface area contributed by atoms with E-state index >= 15 is 0 Å². The quantitative estimate of drug-likeness (QED) is 0.803. The number of nitrogens with one attached hydrogen (secondary N) is 2. The Hall–Kier alpha value is -1.47. The third-order valence-corrected chi connectivity index (χ3v) is 3.84. The second kappa shape index (κ2) is 5.88. The van der Waals surface area contributed by atoms with Gasteiger partial charge >= 0.3 is 0 Å². The van der Waals surface area contributed by atoms with E-state index in [1.165, 1.54) is 0 Å². The number of carbonyl (C=O) groups excluding carboxylic acids is 1. The summed E-state index contributed by atoms with van der Waals surface area (Å²) in [5.41, 5.74) is -0.0672. The van der Waals surface area contributed by atoms with Crippen LogP contribution < -0.4 is 5.32 Å². The molecule has 0 atom stereocenters. The molecule has 0 saturated carbocycles. The number of nitrogens with zero attached hydrogens (tertiary/aromatic N) is 4. The largest absolute Gasteiger partial charge is 0.347 e. The molecular formula is C13H24N6O. The number of H-pyrrole nitrogens is 1. The Kier molecular flexibility index (Phi) is 4.39. The summed E-state index contributed by atoms with van der Waals surface area (Å²) in [6, 6.07) is 0. The van der Waals surface area contributed by atoms with Gasteiger partial charge in [0.1, 0.15) is 5.82 Å². The van der Waals surface area contributed by atoms with Crippen molar-refractivity contribution in [1.29, 1.82) is 0 Å². The summed E-state index contributed by atoms with van der Waals surface area (Å²) in [6.45, 7) is 10.9. The average molecular weight is 280 g/mol. The van der Waals surface area contributed by atoms with Crippen molar-refractivity contribution in [2.45, 2.75) is 26.3 Å².